The second kappa shape index (κ2) is 5.57. The van der Waals surface area contributed by atoms with Crippen molar-refractivity contribution in [3.63, 3.8) is 0 Å². The molecule has 2 aromatic rings. The van der Waals surface area contributed by atoms with Crippen LogP contribution in [-0.2, 0) is 0 Å². The van der Waals surface area contributed by atoms with E-state index in [-0.39, 0.29) is 5.91 Å². The predicted octanol–water partition coefficient (Wildman–Crippen LogP) is 4.63. The summed E-state index contributed by atoms with van der Waals surface area (Å²) in [7, 11) is 0. The average Bonchev–Trinajstić information content (AvgIpc) is 2.32. The van der Waals surface area contributed by atoms with Crippen LogP contribution in [0.25, 0.3) is 0 Å². The van der Waals surface area contributed by atoms with Crippen LogP contribution >= 0.6 is 15.9 Å². The maximum absolute atomic E-state index is 12.3. The molecule has 0 bridgehead atoms. The standard InChI is InChI=1S/C16H16BrNO/c1-10-4-5-14(17)15(9-10)18-16(19)13-7-11(2)6-12(3)8-13/h4-9H,1-3H3,(H,18,19). The largest absolute Gasteiger partial charge is 0.321 e. The third kappa shape index (κ3) is 3.44. The topological polar surface area (TPSA) is 29.1 Å². The molecule has 2 aromatic carbocycles. The van der Waals surface area contributed by atoms with Crippen LogP contribution in [0.3, 0.4) is 0 Å². The van der Waals surface area contributed by atoms with Gasteiger partial charge < -0.3 is 5.32 Å². The van der Waals surface area contributed by atoms with Gasteiger partial charge in [-0.2, -0.15) is 0 Å². The first kappa shape index (κ1) is 13.8. The Bertz CT molecular complexity index is 614. The molecule has 0 spiro atoms. The van der Waals surface area contributed by atoms with Gasteiger partial charge in [-0.1, -0.05) is 23.3 Å². The number of hydrogen-bond donors (Lipinski definition) is 1. The fraction of sp³-hybridized carbons (Fsp3) is 0.188. The first-order chi connectivity index (χ1) is 8.95. The molecule has 0 aliphatic heterocycles. The lowest BCUT2D eigenvalue weighted by atomic mass is 10.1. The minimum absolute atomic E-state index is 0.0851. The molecule has 1 amide bonds. The van der Waals surface area contributed by atoms with E-state index in [2.05, 4.69) is 27.3 Å². The number of amides is 1. The van der Waals surface area contributed by atoms with Crippen molar-refractivity contribution in [1.29, 1.82) is 0 Å². The first-order valence-electron chi connectivity index (χ1n) is 6.11. The molecule has 0 saturated heterocycles. The molecule has 1 N–H and O–H groups in total. The minimum Gasteiger partial charge on any atom is -0.321 e. The van der Waals surface area contributed by atoms with Crippen LogP contribution in [0.5, 0.6) is 0 Å². The minimum atomic E-state index is -0.0851. The van der Waals surface area contributed by atoms with E-state index < -0.39 is 0 Å². The number of aryl methyl sites for hydroxylation is 3. The molecule has 98 valence electrons. The highest BCUT2D eigenvalue weighted by Gasteiger charge is 2.09. The van der Waals surface area contributed by atoms with Crippen molar-refractivity contribution >= 4 is 27.5 Å². The van der Waals surface area contributed by atoms with Crippen LogP contribution in [0.2, 0.25) is 0 Å². The summed E-state index contributed by atoms with van der Waals surface area (Å²) in [4.78, 5) is 12.3. The number of rotatable bonds is 2. The summed E-state index contributed by atoms with van der Waals surface area (Å²) in [5, 5.41) is 2.94. The number of halogens is 1. The molecule has 0 aliphatic rings. The van der Waals surface area contributed by atoms with Crippen LogP contribution in [-0.4, -0.2) is 5.91 Å². The van der Waals surface area contributed by atoms with E-state index >= 15 is 0 Å². The Hall–Kier alpha value is -1.61. The second-order valence-electron chi connectivity index (χ2n) is 4.81. The van der Waals surface area contributed by atoms with Crippen LogP contribution in [0, 0.1) is 20.8 Å². The second-order valence-corrected chi connectivity index (χ2v) is 5.67. The normalized spacial score (nSPS) is 10.3. The number of carbonyl (C=O) groups is 1. The monoisotopic (exact) mass is 317 g/mol. The lowest BCUT2D eigenvalue weighted by Crippen LogP contribution is -2.12. The van der Waals surface area contributed by atoms with Crippen LogP contribution in [0.15, 0.2) is 40.9 Å². The molecule has 0 heterocycles. The van der Waals surface area contributed by atoms with Crippen molar-refractivity contribution in [1.82, 2.24) is 0 Å². The van der Waals surface area contributed by atoms with Gasteiger partial charge in [0, 0.05) is 10.0 Å². The van der Waals surface area contributed by atoms with Gasteiger partial charge in [-0.05, 0) is 66.5 Å². The predicted molar refractivity (Wildman–Crippen MR) is 82.7 cm³/mol. The van der Waals surface area contributed by atoms with Gasteiger partial charge in [0.2, 0.25) is 0 Å². The molecular weight excluding hydrogens is 302 g/mol. The molecule has 0 unspecified atom stereocenters. The SMILES string of the molecule is Cc1cc(C)cc(C(=O)Nc2cc(C)ccc2Br)c1. The Morgan fingerprint density at radius 3 is 2.21 bits per heavy atom. The number of benzene rings is 2. The van der Waals surface area contributed by atoms with Gasteiger partial charge in [0.15, 0.2) is 0 Å². The number of hydrogen-bond acceptors (Lipinski definition) is 1. The highest BCUT2D eigenvalue weighted by atomic mass is 79.9. The Balaban J connectivity index is 2.28. The molecule has 2 nitrogen and oxygen atoms in total. The van der Waals surface area contributed by atoms with Crippen molar-refractivity contribution in [2.45, 2.75) is 20.8 Å². The van der Waals surface area contributed by atoms with Gasteiger partial charge >= 0.3 is 0 Å². The average molecular weight is 318 g/mol. The van der Waals surface area contributed by atoms with Gasteiger partial charge in [-0.3, -0.25) is 4.79 Å². The van der Waals surface area contributed by atoms with Gasteiger partial charge in [0.05, 0.1) is 5.69 Å². The summed E-state index contributed by atoms with van der Waals surface area (Å²) < 4.78 is 0.885. The number of nitrogens with one attached hydrogen (secondary N) is 1. The summed E-state index contributed by atoms with van der Waals surface area (Å²) in [6.07, 6.45) is 0. The Morgan fingerprint density at radius 2 is 1.58 bits per heavy atom. The fourth-order valence-electron chi connectivity index (χ4n) is 2.04. The van der Waals surface area contributed by atoms with E-state index in [4.69, 9.17) is 0 Å². The summed E-state index contributed by atoms with van der Waals surface area (Å²) in [6, 6.07) is 11.7. The van der Waals surface area contributed by atoms with Crippen LogP contribution in [0.1, 0.15) is 27.0 Å². The maximum Gasteiger partial charge on any atom is 0.255 e. The lowest BCUT2D eigenvalue weighted by Gasteiger charge is -2.09. The molecule has 2 rings (SSSR count). The maximum atomic E-state index is 12.3. The van der Waals surface area contributed by atoms with Crippen LogP contribution in [0.4, 0.5) is 5.69 Å². The highest BCUT2D eigenvalue weighted by molar-refractivity contribution is 9.10. The van der Waals surface area contributed by atoms with Gasteiger partial charge in [-0.25, -0.2) is 0 Å². The first-order valence-corrected chi connectivity index (χ1v) is 6.91. The van der Waals surface area contributed by atoms with Crippen molar-refractivity contribution in [2.75, 3.05) is 5.32 Å². The zero-order valence-electron chi connectivity index (χ0n) is 11.3. The molecule has 0 fully saturated rings. The van der Waals surface area contributed by atoms with Crippen LogP contribution < -0.4 is 5.32 Å². The van der Waals surface area contributed by atoms with Gasteiger partial charge in [0.25, 0.3) is 5.91 Å². The summed E-state index contributed by atoms with van der Waals surface area (Å²) in [5.74, 6) is -0.0851. The summed E-state index contributed by atoms with van der Waals surface area (Å²) >= 11 is 3.45. The van der Waals surface area contributed by atoms with Crippen molar-refractivity contribution in [3.8, 4) is 0 Å². The quantitative estimate of drug-likeness (QED) is 0.859. The Morgan fingerprint density at radius 1 is 0.947 bits per heavy atom. The van der Waals surface area contributed by atoms with E-state index in [1.807, 2.05) is 51.1 Å². The molecule has 3 heteroatoms. The van der Waals surface area contributed by atoms with Gasteiger partial charge in [-0.15, -0.1) is 0 Å². The van der Waals surface area contributed by atoms with Gasteiger partial charge in [0.1, 0.15) is 0 Å². The molecule has 19 heavy (non-hydrogen) atoms. The third-order valence-electron chi connectivity index (χ3n) is 2.85. The van der Waals surface area contributed by atoms with E-state index in [1.165, 1.54) is 0 Å². The van der Waals surface area contributed by atoms with E-state index in [9.17, 15) is 4.79 Å². The lowest BCUT2D eigenvalue weighted by molar-refractivity contribution is 0.102. The number of anilines is 1. The summed E-state index contributed by atoms with van der Waals surface area (Å²) in [6.45, 7) is 5.98. The van der Waals surface area contributed by atoms with Crippen molar-refractivity contribution in [3.05, 3.63) is 63.1 Å². The molecule has 0 radical (unpaired) electrons. The fourth-order valence-corrected chi connectivity index (χ4v) is 2.38. The Labute approximate surface area is 122 Å². The van der Waals surface area contributed by atoms with E-state index in [0.717, 1.165) is 26.9 Å². The molecule has 0 aliphatic carbocycles. The van der Waals surface area contributed by atoms with E-state index in [1.54, 1.807) is 0 Å². The Kier molecular flexibility index (Phi) is 4.05. The molecule has 0 saturated carbocycles. The van der Waals surface area contributed by atoms with Crippen molar-refractivity contribution < 1.29 is 4.79 Å². The smallest absolute Gasteiger partial charge is 0.255 e. The third-order valence-corrected chi connectivity index (χ3v) is 3.55. The zero-order valence-corrected chi connectivity index (χ0v) is 12.8. The molecule has 0 atom stereocenters. The molecular formula is C16H16BrNO. The highest BCUT2D eigenvalue weighted by Crippen LogP contribution is 2.24. The summed E-state index contributed by atoms with van der Waals surface area (Å²) in [5.41, 5.74) is 4.77. The van der Waals surface area contributed by atoms with E-state index in [0.29, 0.717) is 5.56 Å². The zero-order chi connectivity index (χ0) is 14.0. The number of carbonyl (C=O) groups excluding carboxylic acids is 1. The van der Waals surface area contributed by atoms with Crippen molar-refractivity contribution in [2.24, 2.45) is 0 Å². The molecule has 0 aromatic heterocycles.